The van der Waals surface area contributed by atoms with E-state index >= 15 is 0 Å². The molecule has 0 spiro atoms. The van der Waals surface area contributed by atoms with E-state index < -0.39 is 0 Å². The summed E-state index contributed by atoms with van der Waals surface area (Å²) in [6.45, 7) is 2.25. The van der Waals surface area contributed by atoms with Crippen molar-refractivity contribution in [3.05, 3.63) is 29.8 Å². The summed E-state index contributed by atoms with van der Waals surface area (Å²) in [4.78, 5) is 14.5. The van der Waals surface area contributed by atoms with Crippen molar-refractivity contribution >= 4 is 5.91 Å². The second kappa shape index (κ2) is 5.83. The molecule has 4 nitrogen and oxygen atoms in total. The van der Waals surface area contributed by atoms with Gasteiger partial charge in [-0.25, -0.2) is 0 Å². The van der Waals surface area contributed by atoms with Crippen LogP contribution in [-0.4, -0.2) is 42.2 Å². The van der Waals surface area contributed by atoms with Gasteiger partial charge in [0.2, 0.25) is 5.91 Å². The van der Waals surface area contributed by atoms with Gasteiger partial charge in [-0.3, -0.25) is 4.79 Å². The summed E-state index contributed by atoms with van der Waals surface area (Å²) >= 11 is 0. The SMILES string of the molecule is O=C(C1COc2ccccc2C1)N1CCC(CO)CC1. The second-order valence-corrected chi connectivity index (χ2v) is 5.77. The number of aliphatic hydroxyl groups is 1. The second-order valence-electron chi connectivity index (χ2n) is 5.77. The number of rotatable bonds is 2. The largest absolute Gasteiger partial charge is 0.492 e. The van der Waals surface area contributed by atoms with Gasteiger partial charge in [0.25, 0.3) is 0 Å². The van der Waals surface area contributed by atoms with Crippen LogP contribution < -0.4 is 4.74 Å². The number of para-hydroxylation sites is 1. The van der Waals surface area contributed by atoms with Gasteiger partial charge in [0.05, 0.1) is 5.92 Å². The molecule has 1 amide bonds. The Morgan fingerprint density at radius 3 is 2.80 bits per heavy atom. The molecule has 2 aliphatic rings. The van der Waals surface area contributed by atoms with Crippen molar-refractivity contribution in [3.63, 3.8) is 0 Å². The van der Waals surface area contributed by atoms with Gasteiger partial charge in [0, 0.05) is 19.7 Å². The van der Waals surface area contributed by atoms with Gasteiger partial charge in [-0.1, -0.05) is 18.2 Å². The van der Waals surface area contributed by atoms with Gasteiger partial charge >= 0.3 is 0 Å². The maximum Gasteiger partial charge on any atom is 0.229 e. The number of hydrogen-bond acceptors (Lipinski definition) is 3. The lowest BCUT2D eigenvalue weighted by atomic mass is 9.93. The van der Waals surface area contributed by atoms with Crippen LogP contribution in [0.3, 0.4) is 0 Å². The minimum absolute atomic E-state index is 0.0597. The summed E-state index contributed by atoms with van der Waals surface area (Å²) in [6.07, 6.45) is 2.59. The summed E-state index contributed by atoms with van der Waals surface area (Å²) in [6, 6.07) is 7.94. The molecule has 1 unspecified atom stereocenters. The predicted molar refractivity (Wildman–Crippen MR) is 75.5 cm³/mol. The van der Waals surface area contributed by atoms with E-state index in [1.165, 1.54) is 0 Å². The standard InChI is InChI=1S/C16H21NO3/c18-10-12-5-7-17(8-6-12)16(19)14-9-13-3-1-2-4-15(13)20-11-14/h1-4,12,14,18H,5-11H2. The average molecular weight is 275 g/mol. The van der Waals surface area contributed by atoms with E-state index in [2.05, 4.69) is 0 Å². The van der Waals surface area contributed by atoms with Crippen molar-refractivity contribution in [2.45, 2.75) is 19.3 Å². The van der Waals surface area contributed by atoms with Gasteiger partial charge in [-0.15, -0.1) is 0 Å². The average Bonchev–Trinajstić information content (AvgIpc) is 2.54. The molecule has 1 aromatic rings. The van der Waals surface area contributed by atoms with Crippen LogP contribution in [0.2, 0.25) is 0 Å². The molecule has 0 radical (unpaired) electrons. The molecule has 1 N–H and O–H groups in total. The zero-order valence-corrected chi connectivity index (χ0v) is 11.6. The van der Waals surface area contributed by atoms with Crippen LogP contribution in [0, 0.1) is 11.8 Å². The van der Waals surface area contributed by atoms with Crippen LogP contribution in [0.5, 0.6) is 5.75 Å². The highest BCUT2D eigenvalue weighted by atomic mass is 16.5. The molecular formula is C16H21NO3. The van der Waals surface area contributed by atoms with E-state index in [0.29, 0.717) is 12.5 Å². The summed E-state index contributed by atoms with van der Waals surface area (Å²) in [7, 11) is 0. The zero-order valence-electron chi connectivity index (χ0n) is 11.6. The number of amides is 1. The monoisotopic (exact) mass is 275 g/mol. The van der Waals surface area contributed by atoms with Crippen molar-refractivity contribution < 1.29 is 14.6 Å². The number of aliphatic hydroxyl groups excluding tert-OH is 1. The molecule has 3 rings (SSSR count). The molecule has 1 aromatic carbocycles. The summed E-state index contributed by atoms with van der Waals surface area (Å²) in [5.41, 5.74) is 1.13. The molecular weight excluding hydrogens is 254 g/mol. The minimum atomic E-state index is -0.0597. The number of likely N-dealkylation sites (tertiary alicyclic amines) is 1. The van der Waals surface area contributed by atoms with Crippen LogP contribution in [0.1, 0.15) is 18.4 Å². The predicted octanol–water partition coefficient (Wildman–Crippen LogP) is 1.47. The van der Waals surface area contributed by atoms with Gasteiger partial charge in [0.15, 0.2) is 0 Å². The number of carbonyl (C=O) groups is 1. The smallest absolute Gasteiger partial charge is 0.229 e. The summed E-state index contributed by atoms with van der Waals surface area (Å²) in [5, 5.41) is 9.15. The fourth-order valence-corrected chi connectivity index (χ4v) is 3.08. The highest BCUT2D eigenvalue weighted by molar-refractivity contribution is 5.79. The van der Waals surface area contributed by atoms with Crippen molar-refractivity contribution in [1.29, 1.82) is 0 Å². The summed E-state index contributed by atoms with van der Waals surface area (Å²) in [5.74, 6) is 1.42. The number of benzene rings is 1. The maximum atomic E-state index is 12.5. The molecule has 0 saturated carbocycles. The fraction of sp³-hybridized carbons (Fsp3) is 0.562. The normalized spacial score (nSPS) is 23.1. The first-order valence-corrected chi connectivity index (χ1v) is 7.38. The van der Waals surface area contributed by atoms with Crippen LogP contribution in [-0.2, 0) is 11.2 Å². The lowest BCUT2D eigenvalue weighted by Gasteiger charge is -2.35. The number of hydrogen-bond donors (Lipinski definition) is 1. The molecule has 1 atom stereocenters. The van der Waals surface area contributed by atoms with E-state index in [0.717, 1.165) is 43.7 Å². The first-order chi connectivity index (χ1) is 9.78. The lowest BCUT2D eigenvalue weighted by molar-refractivity contribution is -0.138. The molecule has 108 valence electrons. The minimum Gasteiger partial charge on any atom is -0.492 e. The molecule has 0 aliphatic carbocycles. The maximum absolute atomic E-state index is 12.5. The number of piperidine rings is 1. The molecule has 2 aliphatic heterocycles. The quantitative estimate of drug-likeness (QED) is 0.889. The number of ether oxygens (including phenoxy) is 1. The molecule has 4 heteroatoms. The first kappa shape index (κ1) is 13.4. The Labute approximate surface area is 119 Å². The third-order valence-electron chi connectivity index (χ3n) is 4.41. The molecule has 20 heavy (non-hydrogen) atoms. The molecule has 1 fully saturated rings. The van der Waals surface area contributed by atoms with Crippen molar-refractivity contribution in [1.82, 2.24) is 4.90 Å². The van der Waals surface area contributed by atoms with E-state index in [9.17, 15) is 4.79 Å². The Hall–Kier alpha value is -1.55. The topological polar surface area (TPSA) is 49.8 Å². The van der Waals surface area contributed by atoms with Crippen LogP contribution >= 0.6 is 0 Å². The van der Waals surface area contributed by atoms with E-state index in [1.54, 1.807) is 0 Å². The third-order valence-corrected chi connectivity index (χ3v) is 4.41. The Balaban J connectivity index is 1.62. The number of nitrogens with zero attached hydrogens (tertiary/aromatic N) is 1. The molecule has 1 saturated heterocycles. The molecule has 0 bridgehead atoms. The Kier molecular flexibility index (Phi) is 3.92. The van der Waals surface area contributed by atoms with Gasteiger partial charge in [-0.2, -0.15) is 0 Å². The Bertz CT molecular complexity index is 480. The fourth-order valence-electron chi connectivity index (χ4n) is 3.08. The number of carbonyl (C=O) groups excluding carboxylic acids is 1. The van der Waals surface area contributed by atoms with Crippen molar-refractivity contribution in [2.75, 3.05) is 26.3 Å². The third kappa shape index (κ3) is 2.66. The first-order valence-electron chi connectivity index (χ1n) is 7.38. The van der Waals surface area contributed by atoms with Gasteiger partial charge in [-0.05, 0) is 36.8 Å². The Morgan fingerprint density at radius 1 is 1.30 bits per heavy atom. The van der Waals surface area contributed by atoms with Crippen LogP contribution in [0.15, 0.2) is 24.3 Å². The van der Waals surface area contributed by atoms with Gasteiger partial charge in [0.1, 0.15) is 12.4 Å². The van der Waals surface area contributed by atoms with Crippen LogP contribution in [0.25, 0.3) is 0 Å². The van der Waals surface area contributed by atoms with E-state index in [4.69, 9.17) is 9.84 Å². The highest BCUT2D eigenvalue weighted by Crippen LogP contribution is 2.28. The van der Waals surface area contributed by atoms with Gasteiger partial charge < -0.3 is 14.7 Å². The lowest BCUT2D eigenvalue weighted by Crippen LogP contribution is -2.45. The van der Waals surface area contributed by atoms with E-state index in [-0.39, 0.29) is 18.4 Å². The highest BCUT2D eigenvalue weighted by Gasteiger charge is 2.31. The zero-order chi connectivity index (χ0) is 13.9. The summed E-state index contributed by atoms with van der Waals surface area (Å²) < 4.78 is 5.70. The van der Waals surface area contributed by atoms with E-state index in [1.807, 2.05) is 29.2 Å². The molecule has 2 heterocycles. The Morgan fingerprint density at radius 2 is 2.05 bits per heavy atom. The molecule has 0 aromatic heterocycles. The van der Waals surface area contributed by atoms with Crippen molar-refractivity contribution in [3.8, 4) is 5.75 Å². The van der Waals surface area contributed by atoms with Crippen LogP contribution in [0.4, 0.5) is 0 Å². The van der Waals surface area contributed by atoms with Crippen molar-refractivity contribution in [2.24, 2.45) is 11.8 Å². The number of fused-ring (bicyclic) bond motifs is 1.